The number of ether oxygens (including phenoxy) is 1. The molecule has 0 aliphatic carbocycles. The number of hydrogen-bond donors (Lipinski definition) is 1. The predicted molar refractivity (Wildman–Crippen MR) is 74.0 cm³/mol. The molecule has 0 heterocycles. The van der Waals surface area contributed by atoms with Gasteiger partial charge >= 0.3 is 0 Å². The normalized spacial score (nSPS) is 13.7. The van der Waals surface area contributed by atoms with E-state index < -0.39 is 0 Å². The van der Waals surface area contributed by atoms with E-state index in [0.717, 1.165) is 5.75 Å². The molecule has 0 aliphatic rings. The van der Waals surface area contributed by atoms with Crippen LogP contribution in [0, 0.1) is 5.92 Å². The summed E-state index contributed by atoms with van der Waals surface area (Å²) >= 11 is 5.74. The summed E-state index contributed by atoms with van der Waals surface area (Å²) in [6.45, 7) is 4.36. The highest BCUT2D eigenvalue weighted by Gasteiger charge is 2.13. The van der Waals surface area contributed by atoms with Gasteiger partial charge in [0.2, 0.25) is 5.91 Å². The predicted octanol–water partition coefficient (Wildman–Crippen LogP) is 2.84. The molecule has 100 valence electrons. The number of carbonyl (C=O) groups excluding carboxylic acids is 1. The van der Waals surface area contributed by atoms with E-state index in [9.17, 15) is 4.79 Å². The van der Waals surface area contributed by atoms with Crippen LogP contribution in [0.15, 0.2) is 30.3 Å². The SMILES string of the molecule is CC(CCl)C(C)NC(=O)CCOc1ccccc1. The molecule has 1 amide bonds. The maximum absolute atomic E-state index is 11.6. The molecule has 2 atom stereocenters. The van der Waals surface area contributed by atoms with Gasteiger partial charge < -0.3 is 10.1 Å². The van der Waals surface area contributed by atoms with Gasteiger partial charge in [-0.25, -0.2) is 0 Å². The Bertz CT molecular complexity index is 356. The largest absolute Gasteiger partial charge is 0.493 e. The third-order valence-electron chi connectivity index (χ3n) is 2.83. The molecule has 18 heavy (non-hydrogen) atoms. The van der Waals surface area contributed by atoms with Crippen molar-refractivity contribution in [3.63, 3.8) is 0 Å². The molecule has 0 fully saturated rings. The van der Waals surface area contributed by atoms with Crippen LogP contribution in [0.3, 0.4) is 0 Å². The van der Waals surface area contributed by atoms with Crippen LogP contribution >= 0.6 is 11.6 Å². The average Bonchev–Trinajstić information content (AvgIpc) is 2.38. The van der Waals surface area contributed by atoms with Crippen molar-refractivity contribution in [3.05, 3.63) is 30.3 Å². The van der Waals surface area contributed by atoms with Gasteiger partial charge in [0.1, 0.15) is 5.75 Å². The summed E-state index contributed by atoms with van der Waals surface area (Å²) in [7, 11) is 0. The molecule has 1 aromatic rings. The molecule has 0 aliphatic heterocycles. The molecule has 2 unspecified atom stereocenters. The van der Waals surface area contributed by atoms with Gasteiger partial charge in [-0.3, -0.25) is 4.79 Å². The Labute approximate surface area is 113 Å². The Kier molecular flexibility index (Phi) is 6.58. The van der Waals surface area contributed by atoms with Crippen LogP contribution in [0.5, 0.6) is 5.75 Å². The van der Waals surface area contributed by atoms with Gasteiger partial charge in [0.05, 0.1) is 13.0 Å². The number of halogens is 1. The maximum Gasteiger partial charge on any atom is 0.223 e. The number of hydrogen-bond acceptors (Lipinski definition) is 2. The molecule has 0 spiro atoms. The Hall–Kier alpha value is -1.22. The smallest absolute Gasteiger partial charge is 0.223 e. The van der Waals surface area contributed by atoms with Crippen LogP contribution in [0.25, 0.3) is 0 Å². The zero-order valence-corrected chi connectivity index (χ0v) is 11.6. The van der Waals surface area contributed by atoms with Gasteiger partial charge in [-0.15, -0.1) is 11.6 Å². The fourth-order valence-corrected chi connectivity index (χ4v) is 1.65. The zero-order chi connectivity index (χ0) is 13.4. The average molecular weight is 270 g/mol. The number of carbonyl (C=O) groups is 1. The van der Waals surface area contributed by atoms with Gasteiger partial charge in [-0.05, 0) is 25.0 Å². The minimum absolute atomic E-state index is 0.00426. The fraction of sp³-hybridized carbons (Fsp3) is 0.500. The monoisotopic (exact) mass is 269 g/mol. The Morgan fingerprint density at radius 2 is 2.00 bits per heavy atom. The highest BCUT2D eigenvalue weighted by atomic mass is 35.5. The summed E-state index contributed by atoms with van der Waals surface area (Å²) in [5.74, 6) is 1.59. The van der Waals surface area contributed by atoms with E-state index in [4.69, 9.17) is 16.3 Å². The number of amides is 1. The molecular weight excluding hydrogens is 250 g/mol. The third kappa shape index (κ3) is 5.41. The van der Waals surface area contributed by atoms with Crippen molar-refractivity contribution >= 4 is 17.5 Å². The fourth-order valence-electron chi connectivity index (χ4n) is 1.38. The summed E-state index contributed by atoms with van der Waals surface area (Å²) in [4.78, 5) is 11.6. The van der Waals surface area contributed by atoms with Crippen molar-refractivity contribution in [1.82, 2.24) is 5.32 Å². The van der Waals surface area contributed by atoms with Crippen molar-refractivity contribution in [1.29, 1.82) is 0 Å². The van der Waals surface area contributed by atoms with Crippen LogP contribution in [0.4, 0.5) is 0 Å². The van der Waals surface area contributed by atoms with Crippen molar-refractivity contribution in [3.8, 4) is 5.75 Å². The molecule has 3 nitrogen and oxygen atoms in total. The molecule has 4 heteroatoms. The second kappa shape index (κ2) is 7.98. The van der Waals surface area contributed by atoms with Crippen molar-refractivity contribution in [2.45, 2.75) is 26.3 Å². The molecule has 1 N–H and O–H groups in total. The van der Waals surface area contributed by atoms with Crippen LogP contribution in [0.1, 0.15) is 20.3 Å². The van der Waals surface area contributed by atoms with Crippen molar-refractivity contribution in [2.24, 2.45) is 5.92 Å². The molecule has 0 saturated heterocycles. The quantitative estimate of drug-likeness (QED) is 0.773. The molecule has 1 rings (SSSR count). The van der Waals surface area contributed by atoms with Gasteiger partial charge in [0.25, 0.3) is 0 Å². The topological polar surface area (TPSA) is 38.3 Å². The summed E-state index contributed by atoms with van der Waals surface area (Å²) in [5.41, 5.74) is 0. The lowest BCUT2D eigenvalue weighted by Crippen LogP contribution is -2.38. The second-order valence-corrected chi connectivity index (χ2v) is 4.71. The summed E-state index contributed by atoms with van der Waals surface area (Å²) in [5, 5.41) is 2.91. The Balaban J connectivity index is 2.21. The first-order valence-electron chi connectivity index (χ1n) is 6.16. The van der Waals surface area contributed by atoms with E-state index in [2.05, 4.69) is 5.32 Å². The first kappa shape index (κ1) is 14.8. The minimum atomic E-state index is -0.00426. The summed E-state index contributed by atoms with van der Waals surface area (Å²) in [6, 6.07) is 9.56. The molecule has 0 saturated carbocycles. The molecule has 0 bridgehead atoms. The van der Waals surface area contributed by atoms with Gasteiger partial charge in [-0.1, -0.05) is 25.1 Å². The standard InChI is InChI=1S/C14H20ClNO2/c1-11(10-15)12(2)16-14(17)8-9-18-13-6-4-3-5-7-13/h3-7,11-12H,8-10H2,1-2H3,(H,16,17). The van der Waals surface area contributed by atoms with Crippen LogP contribution in [-0.2, 0) is 4.79 Å². The van der Waals surface area contributed by atoms with Crippen molar-refractivity contribution < 1.29 is 9.53 Å². The molecule has 0 aromatic heterocycles. The van der Waals surface area contributed by atoms with E-state index in [1.165, 1.54) is 0 Å². The number of nitrogens with one attached hydrogen (secondary N) is 1. The van der Waals surface area contributed by atoms with E-state index in [1.807, 2.05) is 44.2 Å². The van der Waals surface area contributed by atoms with Crippen LogP contribution < -0.4 is 10.1 Å². The van der Waals surface area contributed by atoms with Gasteiger partial charge in [-0.2, -0.15) is 0 Å². The van der Waals surface area contributed by atoms with E-state index in [1.54, 1.807) is 0 Å². The third-order valence-corrected chi connectivity index (χ3v) is 3.31. The summed E-state index contributed by atoms with van der Waals surface area (Å²) < 4.78 is 5.46. The van der Waals surface area contributed by atoms with Gasteiger partial charge in [0.15, 0.2) is 0 Å². The Morgan fingerprint density at radius 1 is 1.33 bits per heavy atom. The zero-order valence-electron chi connectivity index (χ0n) is 10.9. The first-order chi connectivity index (χ1) is 8.63. The second-order valence-electron chi connectivity index (χ2n) is 4.40. The van der Waals surface area contributed by atoms with Gasteiger partial charge in [0, 0.05) is 11.9 Å². The summed E-state index contributed by atoms with van der Waals surface area (Å²) in [6.07, 6.45) is 0.355. The lowest BCUT2D eigenvalue weighted by molar-refractivity contribution is -0.122. The lowest BCUT2D eigenvalue weighted by Gasteiger charge is -2.19. The molecule has 0 radical (unpaired) electrons. The van der Waals surface area contributed by atoms with E-state index >= 15 is 0 Å². The molecule has 1 aromatic carbocycles. The maximum atomic E-state index is 11.6. The van der Waals surface area contributed by atoms with E-state index in [-0.39, 0.29) is 17.9 Å². The first-order valence-corrected chi connectivity index (χ1v) is 6.70. The number of para-hydroxylation sites is 1. The van der Waals surface area contributed by atoms with Crippen molar-refractivity contribution in [2.75, 3.05) is 12.5 Å². The molecular formula is C14H20ClNO2. The highest BCUT2D eigenvalue weighted by molar-refractivity contribution is 6.18. The lowest BCUT2D eigenvalue weighted by atomic mass is 10.1. The number of rotatable bonds is 7. The number of benzene rings is 1. The highest BCUT2D eigenvalue weighted by Crippen LogP contribution is 2.08. The minimum Gasteiger partial charge on any atom is -0.493 e. The Morgan fingerprint density at radius 3 is 2.61 bits per heavy atom. The number of alkyl halides is 1. The van der Waals surface area contributed by atoms with E-state index in [0.29, 0.717) is 18.9 Å². The van der Waals surface area contributed by atoms with Crippen LogP contribution in [0.2, 0.25) is 0 Å². The van der Waals surface area contributed by atoms with Crippen LogP contribution in [-0.4, -0.2) is 24.4 Å².